The van der Waals surface area contributed by atoms with E-state index < -0.39 is 0 Å². The van der Waals surface area contributed by atoms with Gasteiger partial charge in [-0.25, -0.2) is 0 Å². The second-order valence-corrected chi connectivity index (χ2v) is 5.52. The first-order valence-corrected chi connectivity index (χ1v) is 7.44. The number of carbonyl (C=O) groups is 1. The van der Waals surface area contributed by atoms with Crippen LogP contribution in [0.15, 0.2) is 28.8 Å². The van der Waals surface area contributed by atoms with Gasteiger partial charge < -0.3 is 14.2 Å². The van der Waals surface area contributed by atoms with Gasteiger partial charge in [-0.05, 0) is 11.6 Å². The van der Waals surface area contributed by atoms with E-state index in [1.165, 1.54) is 0 Å². The third kappa shape index (κ3) is 3.13. The molecule has 116 valence electrons. The average Bonchev–Trinajstić information content (AvgIpc) is 2.96. The lowest BCUT2D eigenvalue weighted by molar-refractivity contribution is -0.139. The Balaban J connectivity index is 1.78. The van der Waals surface area contributed by atoms with E-state index in [4.69, 9.17) is 20.9 Å². The van der Waals surface area contributed by atoms with Gasteiger partial charge in [0.15, 0.2) is 5.82 Å². The molecule has 1 atom stereocenters. The van der Waals surface area contributed by atoms with Crippen LogP contribution >= 0.6 is 11.6 Å². The molecule has 1 aliphatic rings. The third-order valence-electron chi connectivity index (χ3n) is 3.59. The summed E-state index contributed by atoms with van der Waals surface area (Å²) in [5, 5.41) is 4.50. The molecule has 0 radical (unpaired) electrons. The van der Waals surface area contributed by atoms with Gasteiger partial charge in [-0.1, -0.05) is 35.0 Å². The molecule has 1 aliphatic heterocycles. The number of aromatic nitrogens is 2. The quantitative estimate of drug-likeness (QED) is 0.866. The molecule has 2 heterocycles. The van der Waals surface area contributed by atoms with E-state index in [0.29, 0.717) is 36.5 Å². The first-order valence-electron chi connectivity index (χ1n) is 7.06. The lowest BCUT2D eigenvalue weighted by Crippen LogP contribution is -2.44. The van der Waals surface area contributed by atoms with Crippen LogP contribution in [0.25, 0.3) is 0 Å². The molecule has 1 aromatic heterocycles. The van der Waals surface area contributed by atoms with E-state index in [1.807, 2.05) is 18.2 Å². The van der Waals surface area contributed by atoms with Crippen LogP contribution in [0.2, 0.25) is 5.02 Å². The number of benzene rings is 1. The highest BCUT2D eigenvalue weighted by atomic mass is 35.5. The van der Waals surface area contributed by atoms with E-state index >= 15 is 0 Å². The molecule has 3 rings (SSSR count). The minimum absolute atomic E-state index is 0.0242. The number of hydrogen-bond acceptors (Lipinski definition) is 5. The van der Waals surface area contributed by atoms with Crippen LogP contribution in [0.5, 0.6) is 0 Å². The highest BCUT2D eigenvalue weighted by Crippen LogP contribution is 2.24. The molecular weight excluding hydrogens is 306 g/mol. The molecule has 0 bridgehead atoms. The molecule has 22 heavy (non-hydrogen) atoms. The topological polar surface area (TPSA) is 68.5 Å². The minimum Gasteiger partial charge on any atom is -0.377 e. The van der Waals surface area contributed by atoms with Crippen LogP contribution in [-0.2, 0) is 16.0 Å². The zero-order valence-electron chi connectivity index (χ0n) is 12.2. The van der Waals surface area contributed by atoms with Crippen LogP contribution in [0.3, 0.4) is 0 Å². The maximum atomic E-state index is 12.6. The van der Waals surface area contributed by atoms with Crippen LogP contribution in [0, 0.1) is 6.92 Å². The zero-order valence-corrected chi connectivity index (χ0v) is 12.9. The lowest BCUT2D eigenvalue weighted by Gasteiger charge is -2.33. The number of nitrogens with zero attached hydrogens (tertiary/aromatic N) is 3. The Bertz CT molecular complexity index is 674. The van der Waals surface area contributed by atoms with E-state index in [0.717, 1.165) is 5.56 Å². The summed E-state index contributed by atoms with van der Waals surface area (Å²) in [5.74, 6) is 0.924. The summed E-state index contributed by atoms with van der Waals surface area (Å²) in [4.78, 5) is 18.6. The normalized spacial score (nSPS) is 18.5. The van der Waals surface area contributed by atoms with Crippen molar-refractivity contribution in [3.8, 4) is 0 Å². The fraction of sp³-hybridized carbons (Fsp3) is 0.400. The summed E-state index contributed by atoms with van der Waals surface area (Å²) in [7, 11) is 0. The number of halogens is 1. The first-order chi connectivity index (χ1) is 10.6. The number of amides is 1. The van der Waals surface area contributed by atoms with E-state index in [-0.39, 0.29) is 18.4 Å². The van der Waals surface area contributed by atoms with Crippen molar-refractivity contribution in [3.63, 3.8) is 0 Å². The van der Waals surface area contributed by atoms with Gasteiger partial charge in [0, 0.05) is 18.5 Å². The standard InChI is InChI=1S/C15H16ClN3O3/c1-10-17-15(18-22-10)13-9-21-7-6-19(13)14(20)8-11-4-2-3-5-12(11)16/h2-5,13H,6-9H2,1H3/t13-/m0/s1. The van der Waals surface area contributed by atoms with Crippen LogP contribution in [-0.4, -0.2) is 40.7 Å². The van der Waals surface area contributed by atoms with Crippen molar-refractivity contribution in [3.05, 3.63) is 46.6 Å². The van der Waals surface area contributed by atoms with Crippen molar-refractivity contribution in [2.75, 3.05) is 19.8 Å². The van der Waals surface area contributed by atoms with Crippen molar-refractivity contribution in [1.29, 1.82) is 0 Å². The van der Waals surface area contributed by atoms with Gasteiger partial charge in [0.25, 0.3) is 0 Å². The Morgan fingerprint density at radius 3 is 3.00 bits per heavy atom. The predicted octanol–water partition coefficient (Wildman–Crippen LogP) is 2.17. The van der Waals surface area contributed by atoms with Crippen molar-refractivity contribution in [2.24, 2.45) is 0 Å². The molecule has 1 amide bonds. The van der Waals surface area contributed by atoms with Gasteiger partial charge in [-0.2, -0.15) is 4.98 Å². The lowest BCUT2D eigenvalue weighted by atomic mass is 10.1. The Morgan fingerprint density at radius 1 is 1.45 bits per heavy atom. The molecule has 2 aromatic rings. The number of carbonyl (C=O) groups excluding carboxylic acids is 1. The van der Waals surface area contributed by atoms with Gasteiger partial charge >= 0.3 is 0 Å². The smallest absolute Gasteiger partial charge is 0.227 e. The molecule has 0 saturated carbocycles. The maximum Gasteiger partial charge on any atom is 0.227 e. The minimum atomic E-state index is -0.318. The molecular formula is C15H16ClN3O3. The van der Waals surface area contributed by atoms with Crippen LogP contribution in [0.1, 0.15) is 23.3 Å². The fourth-order valence-electron chi connectivity index (χ4n) is 2.47. The van der Waals surface area contributed by atoms with Crippen LogP contribution < -0.4 is 0 Å². The summed E-state index contributed by atoms with van der Waals surface area (Å²) in [6.45, 7) is 3.09. The second-order valence-electron chi connectivity index (χ2n) is 5.12. The van der Waals surface area contributed by atoms with Gasteiger partial charge in [0.1, 0.15) is 6.04 Å². The molecule has 0 spiro atoms. The molecule has 7 heteroatoms. The van der Waals surface area contributed by atoms with Crippen molar-refractivity contribution < 1.29 is 14.1 Å². The van der Waals surface area contributed by atoms with E-state index in [1.54, 1.807) is 17.9 Å². The second kappa shape index (κ2) is 6.46. The molecule has 1 aromatic carbocycles. The predicted molar refractivity (Wildman–Crippen MR) is 79.5 cm³/mol. The van der Waals surface area contributed by atoms with Gasteiger partial charge in [-0.3, -0.25) is 4.79 Å². The molecule has 0 N–H and O–H groups in total. The zero-order chi connectivity index (χ0) is 15.5. The summed E-state index contributed by atoms with van der Waals surface area (Å²) >= 11 is 6.13. The summed E-state index contributed by atoms with van der Waals surface area (Å²) in [6, 6.07) is 7.03. The van der Waals surface area contributed by atoms with Crippen molar-refractivity contribution in [2.45, 2.75) is 19.4 Å². The summed E-state index contributed by atoms with van der Waals surface area (Å²) < 4.78 is 10.5. The number of ether oxygens (including phenoxy) is 1. The average molecular weight is 322 g/mol. The highest BCUT2D eigenvalue weighted by Gasteiger charge is 2.32. The Hall–Kier alpha value is -1.92. The Kier molecular flexibility index (Phi) is 4.40. The maximum absolute atomic E-state index is 12.6. The molecule has 6 nitrogen and oxygen atoms in total. The van der Waals surface area contributed by atoms with Gasteiger partial charge in [-0.15, -0.1) is 0 Å². The largest absolute Gasteiger partial charge is 0.377 e. The number of aryl methyl sites for hydroxylation is 1. The third-order valence-corrected chi connectivity index (χ3v) is 3.96. The molecule has 0 unspecified atom stereocenters. The molecule has 0 aliphatic carbocycles. The fourth-order valence-corrected chi connectivity index (χ4v) is 2.68. The van der Waals surface area contributed by atoms with Crippen molar-refractivity contribution >= 4 is 17.5 Å². The van der Waals surface area contributed by atoms with Gasteiger partial charge in [0.2, 0.25) is 11.8 Å². The van der Waals surface area contributed by atoms with E-state index in [2.05, 4.69) is 10.1 Å². The highest BCUT2D eigenvalue weighted by molar-refractivity contribution is 6.31. The number of morpholine rings is 1. The molecule has 1 saturated heterocycles. The van der Waals surface area contributed by atoms with Crippen molar-refractivity contribution in [1.82, 2.24) is 15.0 Å². The van der Waals surface area contributed by atoms with Crippen LogP contribution in [0.4, 0.5) is 0 Å². The first kappa shape index (κ1) is 15.0. The summed E-state index contributed by atoms with van der Waals surface area (Å²) in [6.07, 6.45) is 0.243. The molecule has 1 fully saturated rings. The monoisotopic (exact) mass is 321 g/mol. The summed E-state index contributed by atoms with van der Waals surface area (Å²) in [5.41, 5.74) is 0.809. The number of hydrogen-bond donors (Lipinski definition) is 0. The Labute approximate surface area is 133 Å². The SMILES string of the molecule is Cc1nc([C@@H]2COCCN2C(=O)Cc2ccccc2Cl)no1. The van der Waals surface area contributed by atoms with E-state index in [9.17, 15) is 4.79 Å². The Morgan fingerprint density at radius 2 is 2.27 bits per heavy atom. The van der Waals surface area contributed by atoms with Gasteiger partial charge in [0.05, 0.1) is 19.6 Å². The number of rotatable bonds is 3.